The summed E-state index contributed by atoms with van der Waals surface area (Å²) in [5.74, 6) is 1.62. The van der Waals surface area contributed by atoms with Crippen LogP contribution >= 0.6 is 0 Å². The summed E-state index contributed by atoms with van der Waals surface area (Å²) in [6.07, 6.45) is 3.91. The lowest BCUT2D eigenvalue weighted by Crippen LogP contribution is -2.25. The van der Waals surface area contributed by atoms with Crippen molar-refractivity contribution in [3.8, 4) is 0 Å². The van der Waals surface area contributed by atoms with Crippen LogP contribution in [0.4, 0.5) is 11.4 Å². The van der Waals surface area contributed by atoms with Gasteiger partial charge in [0.1, 0.15) is 0 Å². The van der Waals surface area contributed by atoms with Gasteiger partial charge in [0, 0.05) is 6.04 Å². The summed E-state index contributed by atoms with van der Waals surface area (Å²) in [6, 6.07) is 6.80. The number of hydrogen-bond donors (Lipinski definition) is 2. The lowest BCUT2D eigenvalue weighted by Gasteiger charge is -2.23. The number of aryl methyl sites for hydroxylation is 1. The molecule has 0 amide bonds. The van der Waals surface area contributed by atoms with Gasteiger partial charge in [0.15, 0.2) is 0 Å². The first-order chi connectivity index (χ1) is 8.11. The largest absolute Gasteiger partial charge is 0.397 e. The van der Waals surface area contributed by atoms with Gasteiger partial charge in [-0.15, -0.1) is 0 Å². The van der Waals surface area contributed by atoms with Crippen molar-refractivity contribution < 1.29 is 0 Å². The zero-order valence-corrected chi connectivity index (χ0v) is 11.2. The standard InChI is InChI=1S/C15H24N2/c1-4-12-6-8-14(11(12)3)17-15-9-10(2)5-7-13(15)16/h5,7,9,11-12,14,17H,4,6,8,16H2,1-3H3. The smallest absolute Gasteiger partial charge is 0.0578 e. The first-order valence-electron chi connectivity index (χ1n) is 6.74. The zero-order valence-electron chi connectivity index (χ0n) is 11.2. The molecule has 2 rings (SSSR count). The van der Waals surface area contributed by atoms with Crippen LogP contribution in [-0.2, 0) is 0 Å². The average molecular weight is 232 g/mol. The summed E-state index contributed by atoms with van der Waals surface area (Å²) in [5.41, 5.74) is 9.25. The van der Waals surface area contributed by atoms with Gasteiger partial charge >= 0.3 is 0 Å². The molecule has 0 radical (unpaired) electrons. The van der Waals surface area contributed by atoms with E-state index in [1.165, 1.54) is 24.8 Å². The Bertz CT molecular complexity index is 387. The molecule has 0 bridgehead atoms. The molecule has 2 nitrogen and oxygen atoms in total. The lowest BCUT2D eigenvalue weighted by atomic mass is 9.93. The summed E-state index contributed by atoms with van der Waals surface area (Å²) in [6.45, 7) is 6.77. The Hall–Kier alpha value is -1.18. The van der Waals surface area contributed by atoms with Crippen LogP contribution in [0.5, 0.6) is 0 Å². The van der Waals surface area contributed by atoms with E-state index in [1.807, 2.05) is 6.07 Å². The quantitative estimate of drug-likeness (QED) is 0.778. The summed E-state index contributed by atoms with van der Waals surface area (Å²) in [5, 5.41) is 3.64. The molecule has 1 fully saturated rings. The van der Waals surface area contributed by atoms with Gasteiger partial charge in [0.2, 0.25) is 0 Å². The van der Waals surface area contributed by atoms with Gasteiger partial charge in [-0.25, -0.2) is 0 Å². The van der Waals surface area contributed by atoms with Crippen LogP contribution in [0.15, 0.2) is 18.2 Å². The summed E-state index contributed by atoms with van der Waals surface area (Å²) in [7, 11) is 0. The fraction of sp³-hybridized carbons (Fsp3) is 0.600. The van der Waals surface area contributed by atoms with E-state index < -0.39 is 0 Å². The molecule has 0 aliphatic heterocycles. The average Bonchev–Trinajstić information content (AvgIpc) is 2.65. The Morgan fingerprint density at radius 1 is 1.35 bits per heavy atom. The number of nitrogen functional groups attached to an aromatic ring is 1. The van der Waals surface area contributed by atoms with Crippen molar-refractivity contribution in [2.24, 2.45) is 11.8 Å². The van der Waals surface area contributed by atoms with E-state index in [0.717, 1.165) is 23.2 Å². The number of nitrogens with two attached hydrogens (primary N) is 1. The molecular weight excluding hydrogens is 208 g/mol. The van der Waals surface area contributed by atoms with E-state index in [1.54, 1.807) is 0 Å². The molecular formula is C15H24N2. The van der Waals surface area contributed by atoms with Crippen LogP contribution in [0.25, 0.3) is 0 Å². The highest BCUT2D eigenvalue weighted by Gasteiger charge is 2.31. The molecule has 1 aliphatic rings. The minimum atomic E-state index is 0.587. The van der Waals surface area contributed by atoms with Gasteiger partial charge in [0.05, 0.1) is 11.4 Å². The fourth-order valence-electron chi connectivity index (χ4n) is 3.02. The van der Waals surface area contributed by atoms with Crippen LogP contribution in [-0.4, -0.2) is 6.04 Å². The number of nitrogens with one attached hydrogen (secondary N) is 1. The Morgan fingerprint density at radius 2 is 2.12 bits per heavy atom. The molecule has 1 aromatic rings. The Balaban J connectivity index is 2.09. The second kappa shape index (κ2) is 4.99. The van der Waals surface area contributed by atoms with E-state index >= 15 is 0 Å². The molecule has 1 aliphatic carbocycles. The van der Waals surface area contributed by atoms with Crippen molar-refractivity contribution in [3.05, 3.63) is 23.8 Å². The highest BCUT2D eigenvalue weighted by molar-refractivity contribution is 5.67. The lowest BCUT2D eigenvalue weighted by molar-refractivity contribution is 0.392. The van der Waals surface area contributed by atoms with Gasteiger partial charge in [0.25, 0.3) is 0 Å². The monoisotopic (exact) mass is 232 g/mol. The van der Waals surface area contributed by atoms with Crippen LogP contribution in [0.1, 0.15) is 38.7 Å². The SMILES string of the molecule is CCC1CCC(Nc2cc(C)ccc2N)C1C. The van der Waals surface area contributed by atoms with Crippen LogP contribution in [0.3, 0.4) is 0 Å². The molecule has 17 heavy (non-hydrogen) atoms. The summed E-state index contributed by atoms with van der Waals surface area (Å²) >= 11 is 0. The first-order valence-corrected chi connectivity index (χ1v) is 6.74. The molecule has 94 valence electrons. The summed E-state index contributed by atoms with van der Waals surface area (Å²) < 4.78 is 0. The number of benzene rings is 1. The van der Waals surface area contributed by atoms with Crippen LogP contribution in [0.2, 0.25) is 0 Å². The van der Waals surface area contributed by atoms with Crippen molar-refractivity contribution in [1.82, 2.24) is 0 Å². The molecule has 2 heteroatoms. The molecule has 0 aromatic heterocycles. The molecule has 1 aromatic carbocycles. The van der Waals surface area contributed by atoms with E-state index in [0.29, 0.717) is 6.04 Å². The van der Waals surface area contributed by atoms with Crippen molar-refractivity contribution in [2.45, 2.75) is 46.1 Å². The van der Waals surface area contributed by atoms with Gasteiger partial charge < -0.3 is 11.1 Å². The second-order valence-electron chi connectivity index (χ2n) is 5.45. The van der Waals surface area contributed by atoms with Crippen LogP contribution in [0, 0.1) is 18.8 Å². The van der Waals surface area contributed by atoms with Crippen molar-refractivity contribution in [2.75, 3.05) is 11.1 Å². The Labute approximate surface area is 105 Å². The predicted molar refractivity (Wildman–Crippen MR) is 75.2 cm³/mol. The third-order valence-electron chi connectivity index (χ3n) is 4.30. The molecule has 3 unspecified atom stereocenters. The third-order valence-corrected chi connectivity index (χ3v) is 4.30. The minimum absolute atomic E-state index is 0.587. The van der Waals surface area contributed by atoms with E-state index in [4.69, 9.17) is 5.73 Å². The molecule has 0 heterocycles. The van der Waals surface area contributed by atoms with Crippen molar-refractivity contribution >= 4 is 11.4 Å². The van der Waals surface area contributed by atoms with Gasteiger partial charge in [-0.2, -0.15) is 0 Å². The molecule has 3 N–H and O–H groups in total. The Kier molecular flexibility index (Phi) is 3.60. The third kappa shape index (κ3) is 2.56. The first kappa shape index (κ1) is 12.3. The van der Waals surface area contributed by atoms with Crippen LogP contribution < -0.4 is 11.1 Å². The van der Waals surface area contributed by atoms with Crippen molar-refractivity contribution in [3.63, 3.8) is 0 Å². The maximum Gasteiger partial charge on any atom is 0.0578 e. The molecule has 3 atom stereocenters. The van der Waals surface area contributed by atoms with E-state index in [-0.39, 0.29) is 0 Å². The maximum atomic E-state index is 6.02. The number of rotatable bonds is 3. The van der Waals surface area contributed by atoms with Gasteiger partial charge in [-0.05, 0) is 49.3 Å². The Morgan fingerprint density at radius 3 is 2.76 bits per heavy atom. The fourth-order valence-corrected chi connectivity index (χ4v) is 3.02. The van der Waals surface area contributed by atoms with Crippen molar-refractivity contribution in [1.29, 1.82) is 0 Å². The zero-order chi connectivity index (χ0) is 12.4. The summed E-state index contributed by atoms with van der Waals surface area (Å²) in [4.78, 5) is 0. The second-order valence-corrected chi connectivity index (χ2v) is 5.45. The predicted octanol–water partition coefficient (Wildman–Crippen LogP) is 3.81. The highest BCUT2D eigenvalue weighted by atomic mass is 15.0. The minimum Gasteiger partial charge on any atom is -0.397 e. The maximum absolute atomic E-state index is 6.02. The topological polar surface area (TPSA) is 38.0 Å². The molecule has 0 spiro atoms. The van der Waals surface area contributed by atoms with Gasteiger partial charge in [-0.3, -0.25) is 0 Å². The van der Waals surface area contributed by atoms with E-state index in [2.05, 4.69) is 38.2 Å². The number of hydrogen-bond acceptors (Lipinski definition) is 2. The molecule has 0 saturated heterocycles. The van der Waals surface area contributed by atoms with E-state index in [9.17, 15) is 0 Å². The normalized spacial score (nSPS) is 28.3. The highest BCUT2D eigenvalue weighted by Crippen LogP contribution is 2.36. The number of anilines is 2. The molecule has 1 saturated carbocycles. The van der Waals surface area contributed by atoms with Gasteiger partial charge in [-0.1, -0.05) is 26.3 Å².